The molecule has 2 N–H and O–H groups in total. The van der Waals surface area contributed by atoms with E-state index in [1.54, 1.807) is 0 Å². The van der Waals surface area contributed by atoms with Crippen LogP contribution in [0.2, 0.25) is 0 Å². The molecule has 2 fully saturated rings. The van der Waals surface area contributed by atoms with Gasteiger partial charge in [0.25, 0.3) is 0 Å². The van der Waals surface area contributed by atoms with Crippen LogP contribution in [0.1, 0.15) is 19.3 Å². The predicted octanol–water partition coefficient (Wildman–Crippen LogP) is -0.490. The average Bonchev–Trinajstić information content (AvgIpc) is 2.57. The van der Waals surface area contributed by atoms with Gasteiger partial charge in [-0.15, -0.1) is 0 Å². The van der Waals surface area contributed by atoms with E-state index in [0.717, 1.165) is 13.1 Å². The summed E-state index contributed by atoms with van der Waals surface area (Å²) in [6, 6.07) is 0. The molecule has 0 bridgehead atoms. The van der Waals surface area contributed by atoms with E-state index in [1.807, 2.05) is 0 Å². The molecule has 2 aliphatic rings. The SMILES string of the molecule is OC1CN(CCN2CCCCC2)CC1O. The van der Waals surface area contributed by atoms with E-state index in [9.17, 15) is 10.2 Å². The van der Waals surface area contributed by atoms with Crippen LogP contribution in [-0.2, 0) is 0 Å². The Balaban J connectivity index is 1.65. The number of nitrogens with zero attached hydrogens (tertiary/aromatic N) is 2. The Hall–Kier alpha value is -0.160. The van der Waals surface area contributed by atoms with Crippen LogP contribution in [0.4, 0.5) is 0 Å². The highest BCUT2D eigenvalue weighted by Crippen LogP contribution is 2.11. The van der Waals surface area contributed by atoms with E-state index >= 15 is 0 Å². The van der Waals surface area contributed by atoms with E-state index < -0.39 is 12.2 Å². The quantitative estimate of drug-likeness (QED) is 0.665. The number of hydrogen-bond donors (Lipinski definition) is 2. The number of piperidine rings is 1. The largest absolute Gasteiger partial charge is 0.389 e. The summed E-state index contributed by atoms with van der Waals surface area (Å²) in [6.07, 6.45) is 2.95. The summed E-state index contributed by atoms with van der Waals surface area (Å²) in [6.45, 7) is 5.77. The highest BCUT2D eigenvalue weighted by Gasteiger charge is 2.29. The van der Waals surface area contributed by atoms with Crippen molar-refractivity contribution in [2.45, 2.75) is 31.5 Å². The Labute approximate surface area is 91.5 Å². The minimum absolute atomic E-state index is 0.536. The minimum atomic E-state index is -0.536. The molecule has 0 amide bonds. The average molecular weight is 214 g/mol. The van der Waals surface area contributed by atoms with Crippen LogP contribution >= 0.6 is 0 Å². The molecule has 2 unspecified atom stereocenters. The highest BCUT2D eigenvalue weighted by atomic mass is 16.3. The molecule has 2 aliphatic heterocycles. The van der Waals surface area contributed by atoms with Crippen LogP contribution in [0, 0.1) is 0 Å². The third kappa shape index (κ3) is 3.14. The lowest BCUT2D eigenvalue weighted by Crippen LogP contribution is -2.37. The third-order valence-corrected chi connectivity index (χ3v) is 3.52. The van der Waals surface area contributed by atoms with E-state index in [0.29, 0.717) is 13.1 Å². The lowest BCUT2D eigenvalue weighted by atomic mass is 10.1. The number of likely N-dealkylation sites (tertiary alicyclic amines) is 2. The number of aliphatic hydroxyl groups is 2. The van der Waals surface area contributed by atoms with Gasteiger partial charge in [-0.1, -0.05) is 6.42 Å². The summed E-state index contributed by atoms with van der Waals surface area (Å²) in [5.41, 5.74) is 0. The fourth-order valence-electron chi connectivity index (χ4n) is 2.50. The lowest BCUT2D eigenvalue weighted by molar-refractivity contribution is 0.0572. The lowest BCUT2D eigenvalue weighted by Gasteiger charge is -2.28. The first-order valence-corrected chi connectivity index (χ1v) is 6.06. The van der Waals surface area contributed by atoms with Crippen LogP contribution in [0.3, 0.4) is 0 Å². The van der Waals surface area contributed by atoms with E-state index in [-0.39, 0.29) is 0 Å². The van der Waals surface area contributed by atoms with Crippen molar-refractivity contribution in [1.29, 1.82) is 0 Å². The van der Waals surface area contributed by atoms with Gasteiger partial charge in [0, 0.05) is 26.2 Å². The molecule has 4 nitrogen and oxygen atoms in total. The van der Waals surface area contributed by atoms with Gasteiger partial charge in [-0.3, -0.25) is 4.90 Å². The maximum Gasteiger partial charge on any atom is 0.0938 e. The van der Waals surface area contributed by atoms with Crippen molar-refractivity contribution >= 4 is 0 Å². The van der Waals surface area contributed by atoms with Gasteiger partial charge >= 0.3 is 0 Å². The van der Waals surface area contributed by atoms with Gasteiger partial charge in [0.05, 0.1) is 12.2 Å². The minimum Gasteiger partial charge on any atom is -0.389 e. The summed E-state index contributed by atoms with van der Waals surface area (Å²) in [5.74, 6) is 0. The second-order valence-corrected chi connectivity index (χ2v) is 4.80. The molecular weight excluding hydrogens is 192 g/mol. The van der Waals surface area contributed by atoms with Gasteiger partial charge in [-0.05, 0) is 25.9 Å². The van der Waals surface area contributed by atoms with Crippen molar-refractivity contribution in [1.82, 2.24) is 9.80 Å². The molecule has 2 atom stereocenters. The van der Waals surface area contributed by atoms with Crippen LogP contribution in [0.5, 0.6) is 0 Å². The second-order valence-electron chi connectivity index (χ2n) is 4.80. The van der Waals surface area contributed by atoms with Crippen molar-refractivity contribution in [3.63, 3.8) is 0 Å². The Kier molecular flexibility index (Phi) is 3.97. The van der Waals surface area contributed by atoms with Gasteiger partial charge in [0.15, 0.2) is 0 Å². The number of hydrogen-bond acceptors (Lipinski definition) is 4. The molecule has 0 aromatic rings. The van der Waals surface area contributed by atoms with Crippen molar-refractivity contribution in [2.75, 3.05) is 39.3 Å². The Morgan fingerprint density at radius 2 is 1.33 bits per heavy atom. The van der Waals surface area contributed by atoms with Crippen LogP contribution in [0.15, 0.2) is 0 Å². The zero-order valence-electron chi connectivity index (χ0n) is 9.31. The maximum atomic E-state index is 9.40. The molecule has 0 saturated carbocycles. The highest BCUT2D eigenvalue weighted by molar-refractivity contribution is 4.83. The summed E-state index contributed by atoms with van der Waals surface area (Å²) >= 11 is 0. The molecule has 0 spiro atoms. The van der Waals surface area contributed by atoms with E-state index in [2.05, 4.69) is 9.80 Å². The van der Waals surface area contributed by atoms with Crippen molar-refractivity contribution in [3.05, 3.63) is 0 Å². The first-order chi connectivity index (χ1) is 7.25. The fraction of sp³-hybridized carbons (Fsp3) is 1.00. The van der Waals surface area contributed by atoms with Crippen LogP contribution in [-0.4, -0.2) is 71.5 Å². The maximum absolute atomic E-state index is 9.40. The van der Waals surface area contributed by atoms with Crippen molar-refractivity contribution < 1.29 is 10.2 Å². The third-order valence-electron chi connectivity index (χ3n) is 3.52. The Morgan fingerprint density at radius 1 is 0.800 bits per heavy atom. The molecule has 2 saturated heterocycles. The molecule has 88 valence electrons. The van der Waals surface area contributed by atoms with Crippen molar-refractivity contribution in [2.24, 2.45) is 0 Å². The van der Waals surface area contributed by atoms with Crippen LogP contribution < -0.4 is 0 Å². The van der Waals surface area contributed by atoms with Gasteiger partial charge in [0.2, 0.25) is 0 Å². The van der Waals surface area contributed by atoms with E-state index in [4.69, 9.17) is 0 Å². The molecule has 2 rings (SSSR count). The Morgan fingerprint density at radius 3 is 1.93 bits per heavy atom. The molecule has 2 heterocycles. The number of β-amino-alcohol motifs (C(OH)–C–C–N with tert-alkyl or cyclic N) is 2. The normalized spacial score (nSPS) is 34.8. The summed E-state index contributed by atoms with van der Waals surface area (Å²) in [5, 5.41) is 18.8. The first-order valence-electron chi connectivity index (χ1n) is 6.06. The first kappa shape index (κ1) is 11.3. The fourth-order valence-corrected chi connectivity index (χ4v) is 2.50. The molecule has 4 heteroatoms. The molecule has 0 aliphatic carbocycles. The van der Waals surface area contributed by atoms with Crippen molar-refractivity contribution in [3.8, 4) is 0 Å². The van der Waals surface area contributed by atoms with E-state index in [1.165, 1.54) is 32.4 Å². The second kappa shape index (κ2) is 5.25. The molecule has 0 aromatic carbocycles. The Bertz CT molecular complexity index is 185. The standard InChI is InChI=1S/C11H22N2O2/c14-10-8-13(9-11(10)15)7-6-12-4-2-1-3-5-12/h10-11,14-15H,1-9H2. The smallest absolute Gasteiger partial charge is 0.0938 e. The summed E-state index contributed by atoms with van der Waals surface area (Å²) < 4.78 is 0. The van der Waals surface area contributed by atoms with Gasteiger partial charge < -0.3 is 15.1 Å². The summed E-state index contributed by atoms with van der Waals surface area (Å²) in [4.78, 5) is 4.64. The van der Waals surface area contributed by atoms with Gasteiger partial charge in [-0.2, -0.15) is 0 Å². The number of rotatable bonds is 3. The van der Waals surface area contributed by atoms with Crippen LogP contribution in [0.25, 0.3) is 0 Å². The zero-order chi connectivity index (χ0) is 10.7. The van der Waals surface area contributed by atoms with Gasteiger partial charge in [0.1, 0.15) is 0 Å². The molecular formula is C11H22N2O2. The summed E-state index contributed by atoms with van der Waals surface area (Å²) in [7, 11) is 0. The van der Waals surface area contributed by atoms with Gasteiger partial charge in [-0.25, -0.2) is 0 Å². The molecule has 0 radical (unpaired) electrons. The predicted molar refractivity (Wildman–Crippen MR) is 58.7 cm³/mol. The molecule has 15 heavy (non-hydrogen) atoms. The zero-order valence-corrected chi connectivity index (χ0v) is 9.31. The monoisotopic (exact) mass is 214 g/mol. The number of aliphatic hydroxyl groups excluding tert-OH is 2. The molecule has 0 aromatic heterocycles. The topological polar surface area (TPSA) is 46.9 Å².